The lowest BCUT2D eigenvalue weighted by Crippen LogP contribution is -2.30. The molecule has 2 heterocycles. The van der Waals surface area contributed by atoms with Gasteiger partial charge in [0, 0.05) is 15.1 Å². The van der Waals surface area contributed by atoms with Crippen molar-refractivity contribution >= 4 is 44.9 Å². The Labute approximate surface area is 128 Å². The molecule has 1 aromatic heterocycles. The summed E-state index contributed by atoms with van der Waals surface area (Å²) in [5.74, 6) is 1.06. The lowest BCUT2D eigenvalue weighted by Gasteiger charge is -2.25. The van der Waals surface area contributed by atoms with Crippen molar-refractivity contribution in [1.29, 1.82) is 0 Å². The zero-order chi connectivity index (χ0) is 13.2. The van der Waals surface area contributed by atoms with Crippen molar-refractivity contribution in [3.63, 3.8) is 0 Å². The number of rotatable bonds is 2. The van der Waals surface area contributed by atoms with Gasteiger partial charge in [-0.2, -0.15) is 0 Å². The van der Waals surface area contributed by atoms with Gasteiger partial charge in [0.15, 0.2) is 0 Å². The zero-order valence-electron chi connectivity index (χ0n) is 10.1. The van der Waals surface area contributed by atoms with Gasteiger partial charge in [0.25, 0.3) is 5.91 Å². The van der Waals surface area contributed by atoms with Crippen molar-refractivity contribution in [3.05, 3.63) is 50.6 Å². The number of nitrogens with one attached hydrogen (secondary N) is 1. The van der Waals surface area contributed by atoms with E-state index in [1.165, 1.54) is 21.8 Å². The first-order valence-electron chi connectivity index (χ1n) is 6.01. The van der Waals surface area contributed by atoms with Gasteiger partial charge in [-0.3, -0.25) is 4.79 Å². The van der Waals surface area contributed by atoms with Crippen LogP contribution in [0.5, 0.6) is 0 Å². The Morgan fingerprint density at radius 1 is 1.32 bits per heavy atom. The highest BCUT2D eigenvalue weighted by Crippen LogP contribution is 2.36. The van der Waals surface area contributed by atoms with Crippen LogP contribution in [0, 0.1) is 0 Å². The van der Waals surface area contributed by atoms with Crippen molar-refractivity contribution in [1.82, 2.24) is 5.32 Å². The summed E-state index contributed by atoms with van der Waals surface area (Å²) in [5.41, 5.74) is 1.24. The Morgan fingerprint density at radius 3 is 2.95 bits per heavy atom. The third-order valence-corrected chi connectivity index (χ3v) is 6.05. The van der Waals surface area contributed by atoms with Gasteiger partial charge < -0.3 is 5.32 Å². The quantitative estimate of drug-likeness (QED) is 0.862. The Kier molecular flexibility index (Phi) is 3.96. The predicted molar refractivity (Wildman–Crippen MR) is 84.0 cm³/mol. The van der Waals surface area contributed by atoms with Gasteiger partial charge in [-0.05, 0) is 45.4 Å². The van der Waals surface area contributed by atoms with Crippen LogP contribution in [0.15, 0.2) is 45.1 Å². The number of hydrogen-bond acceptors (Lipinski definition) is 3. The lowest BCUT2D eigenvalue weighted by atomic mass is 10.0. The highest BCUT2D eigenvalue weighted by atomic mass is 79.9. The Hall–Kier alpha value is -0.780. The van der Waals surface area contributed by atoms with Crippen LogP contribution in [-0.4, -0.2) is 11.7 Å². The van der Waals surface area contributed by atoms with E-state index in [2.05, 4.69) is 33.4 Å². The SMILES string of the molecule is O=C(NC1CCSc2ccccc21)c1sccc1Br. The summed E-state index contributed by atoms with van der Waals surface area (Å²) in [6, 6.07) is 10.3. The number of amides is 1. The largest absolute Gasteiger partial charge is 0.344 e. The highest BCUT2D eigenvalue weighted by molar-refractivity contribution is 9.10. The van der Waals surface area contributed by atoms with Gasteiger partial charge in [0.2, 0.25) is 0 Å². The molecule has 2 aromatic rings. The molecule has 0 radical (unpaired) electrons. The van der Waals surface area contributed by atoms with Crippen molar-refractivity contribution in [3.8, 4) is 0 Å². The number of halogens is 1. The summed E-state index contributed by atoms with van der Waals surface area (Å²) < 4.78 is 0.869. The second kappa shape index (κ2) is 5.69. The van der Waals surface area contributed by atoms with Crippen LogP contribution in [0.1, 0.15) is 27.7 Å². The molecular formula is C14H12BrNOS2. The summed E-state index contributed by atoms with van der Waals surface area (Å²) in [7, 11) is 0. The highest BCUT2D eigenvalue weighted by Gasteiger charge is 2.23. The number of hydrogen-bond donors (Lipinski definition) is 1. The van der Waals surface area contributed by atoms with E-state index in [0.717, 1.165) is 21.5 Å². The van der Waals surface area contributed by atoms with Gasteiger partial charge in [-0.1, -0.05) is 18.2 Å². The molecule has 3 rings (SSSR count). The second-order valence-corrected chi connectivity index (χ2v) is 7.21. The first-order valence-corrected chi connectivity index (χ1v) is 8.67. The number of thiophene rings is 1. The third kappa shape index (κ3) is 2.73. The molecule has 0 saturated heterocycles. The predicted octanol–water partition coefficient (Wildman–Crippen LogP) is 4.48. The molecule has 0 bridgehead atoms. The van der Waals surface area contributed by atoms with E-state index in [1.807, 2.05) is 35.3 Å². The molecule has 1 aromatic carbocycles. The van der Waals surface area contributed by atoms with E-state index in [-0.39, 0.29) is 11.9 Å². The Balaban J connectivity index is 1.82. The maximum Gasteiger partial charge on any atom is 0.262 e. The maximum atomic E-state index is 12.3. The van der Waals surface area contributed by atoms with E-state index < -0.39 is 0 Å². The van der Waals surface area contributed by atoms with Crippen LogP contribution in [0.2, 0.25) is 0 Å². The normalized spacial score (nSPS) is 17.8. The van der Waals surface area contributed by atoms with Crippen LogP contribution in [0.25, 0.3) is 0 Å². The fraction of sp³-hybridized carbons (Fsp3) is 0.214. The van der Waals surface area contributed by atoms with Crippen molar-refractivity contribution in [2.24, 2.45) is 0 Å². The van der Waals surface area contributed by atoms with Gasteiger partial charge in [0.1, 0.15) is 4.88 Å². The molecule has 0 spiro atoms. The van der Waals surface area contributed by atoms with Gasteiger partial charge in [-0.15, -0.1) is 23.1 Å². The van der Waals surface area contributed by atoms with Crippen LogP contribution in [0.3, 0.4) is 0 Å². The van der Waals surface area contributed by atoms with Gasteiger partial charge in [-0.25, -0.2) is 0 Å². The molecule has 2 nitrogen and oxygen atoms in total. The molecule has 1 aliphatic heterocycles. The number of carbonyl (C=O) groups excluding carboxylic acids is 1. The number of thioether (sulfide) groups is 1. The molecule has 1 unspecified atom stereocenters. The number of fused-ring (bicyclic) bond motifs is 1. The number of benzene rings is 1. The summed E-state index contributed by atoms with van der Waals surface area (Å²) in [6.45, 7) is 0. The average molecular weight is 354 g/mol. The van der Waals surface area contributed by atoms with Crippen LogP contribution in [0.4, 0.5) is 0 Å². The van der Waals surface area contributed by atoms with Crippen LogP contribution >= 0.6 is 39.0 Å². The fourth-order valence-electron chi connectivity index (χ4n) is 2.17. The minimum absolute atomic E-state index is 0.00794. The smallest absolute Gasteiger partial charge is 0.262 e. The summed E-state index contributed by atoms with van der Waals surface area (Å²) in [6.07, 6.45) is 0.983. The summed E-state index contributed by atoms with van der Waals surface area (Å²) in [4.78, 5) is 14.3. The third-order valence-electron chi connectivity index (χ3n) is 3.09. The Morgan fingerprint density at radius 2 is 2.16 bits per heavy atom. The number of carbonyl (C=O) groups is 1. The van der Waals surface area contributed by atoms with Crippen molar-refractivity contribution in [2.45, 2.75) is 17.4 Å². The standard InChI is InChI=1S/C14H12BrNOS2/c15-10-5-7-19-13(10)14(17)16-11-6-8-18-12-4-2-1-3-9(11)12/h1-5,7,11H,6,8H2,(H,16,17). The molecule has 1 amide bonds. The molecule has 19 heavy (non-hydrogen) atoms. The van der Waals surface area contributed by atoms with E-state index in [0.29, 0.717) is 0 Å². The van der Waals surface area contributed by atoms with Gasteiger partial charge in [0.05, 0.1) is 6.04 Å². The molecule has 98 valence electrons. The molecule has 0 aliphatic carbocycles. The second-order valence-electron chi connectivity index (χ2n) is 4.30. The molecule has 1 N–H and O–H groups in total. The molecule has 0 saturated carbocycles. The first-order chi connectivity index (χ1) is 9.25. The average Bonchev–Trinajstić information content (AvgIpc) is 2.85. The lowest BCUT2D eigenvalue weighted by molar-refractivity contribution is 0.0938. The summed E-state index contributed by atoms with van der Waals surface area (Å²) >= 11 is 6.73. The van der Waals surface area contributed by atoms with E-state index in [4.69, 9.17) is 0 Å². The monoisotopic (exact) mass is 353 g/mol. The van der Waals surface area contributed by atoms with Crippen molar-refractivity contribution in [2.75, 3.05) is 5.75 Å². The molecule has 0 fully saturated rings. The summed E-state index contributed by atoms with van der Waals surface area (Å²) in [5, 5.41) is 5.07. The first kappa shape index (κ1) is 13.2. The van der Waals surface area contributed by atoms with E-state index >= 15 is 0 Å². The van der Waals surface area contributed by atoms with Crippen molar-refractivity contribution < 1.29 is 4.79 Å². The van der Waals surface area contributed by atoms with Crippen LogP contribution < -0.4 is 5.32 Å². The van der Waals surface area contributed by atoms with E-state index in [9.17, 15) is 4.79 Å². The Bertz CT molecular complexity index is 611. The molecule has 5 heteroatoms. The molecular weight excluding hydrogens is 342 g/mol. The minimum Gasteiger partial charge on any atom is -0.344 e. The fourth-order valence-corrected chi connectivity index (χ4v) is 4.75. The zero-order valence-corrected chi connectivity index (χ0v) is 13.3. The van der Waals surface area contributed by atoms with Crippen LogP contribution in [-0.2, 0) is 0 Å². The minimum atomic E-state index is 0.00794. The van der Waals surface area contributed by atoms with Gasteiger partial charge >= 0.3 is 0 Å². The molecule has 1 atom stereocenters. The topological polar surface area (TPSA) is 29.1 Å². The van der Waals surface area contributed by atoms with E-state index in [1.54, 1.807) is 0 Å². The molecule has 1 aliphatic rings. The maximum absolute atomic E-state index is 12.3.